The Labute approximate surface area is 71.0 Å². The van der Waals surface area contributed by atoms with Crippen molar-refractivity contribution in [1.29, 1.82) is 0 Å². The standard InChI is InChI=1S/C9H19NO/c1-5-10(4)7-8(2)6-9(3)11/h8H,5-7H2,1-4H3/i2D. The van der Waals surface area contributed by atoms with Crippen LogP contribution in [0.4, 0.5) is 0 Å². The number of rotatable bonds is 5. The van der Waals surface area contributed by atoms with Crippen LogP contribution >= 0.6 is 0 Å². The first-order valence-corrected chi connectivity index (χ1v) is 4.07. The fourth-order valence-electron chi connectivity index (χ4n) is 1.04. The van der Waals surface area contributed by atoms with Crippen LogP contribution in [0.25, 0.3) is 0 Å². The van der Waals surface area contributed by atoms with Gasteiger partial charge in [0.05, 0.1) is 0 Å². The summed E-state index contributed by atoms with van der Waals surface area (Å²) in [5.41, 5.74) is 0. The SMILES string of the molecule is [2H]CC(CC(C)=O)CN(C)CC. The molecule has 0 aliphatic heterocycles. The van der Waals surface area contributed by atoms with Gasteiger partial charge in [-0.05, 0) is 26.4 Å². The van der Waals surface area contributed by atoms with E-state index in [1.165, 1.54) is 0 Å². The molecule has 0 heterocycles. The van der Waals surface area contributed by atoms with Gasteiger partial charge in [0.25, 0.3) is 0 Å². The van der Waals surface area contributed by atoms with Crippen LogP contribution in [0.1, 0.15) is 28.5 Å². The van der Waals surface area contributed by atoms with E-state index in [4.69, 9.17) is 1.37 Å². The largest absolute Gasteiger partial charge is 0.306 e. The molecule has 0 rings (SSSR count). The van der Waals surface area contributed by atoms with E-state index in [0.717, 1.165) is 13.1 Å². The normalized spacial score (nSPS) is 14.7. The number of hydrogen-bond acceptors (Lipinski definition) is 2. The van der Waals surface area contributed by atoms with E-state index < -0.39 is 0 Å². The maximum atomic E-state index is 10.8. The summed E-state index contributed by atoms with van der Waals surface area (Å²) >= 11 is 0. The number of Topliss-reactive ketones (excluding diaryl/α,β-unsaturated/α-hetero) is 1. The van der Waals surface area contributed by atoms with Gasteiger partial charge in [-0.2, -0.15) is 0 Å². The first-order chi connectivity index (χ1) is 5.60. The minimum absolute atomic E-state index is 0.191. The minimum atomic E-state index is 0.191. The van der Waals surface area contributed by atoms with Gasteiger partial charge in [0.2, 0.25) is 0 Å². The lowest BCUT2D eigenvalue weighted by molar-refractivity contribution is -0.117. The summed E-state index contributed by atoms with van der Waals surface area (Å²) in [5, 5.41) is 0. The van der Waals surface area contributed by atoms with Crippen molar-refractivity contribution in [3.63, 3.8) is 0 Å². The molecule has 1 atom stereocenters. The smallest absolute Gasteiger partial charge is 0.130 e. The molecule has 1 unspecified atom stereocenters. The summed E-state index contributed by atoms with van der Waals surface area (Å²) in [7, 11) is 2.02. The summed E-state index contributed by atoms with van der Waals surface area (Å²) in [6, 6.07) is 0. The van der Waals surface area contributed by atoms with E-state index in [0.29, 0.717) is 13.3 Å². The van der Waals surface area contributed by atoms with Gasteiger partial charge in [0.15, 0.2) is 0 Å². The zero-order valence-electron chi connectivity index (χ0n) is 8.76. The molecule has 66 valence electrons. The van der Waals surface area contributed by atoms with Gasteiger partial charge in [0, 0.05) is 14.3 Å². The Morgan fingerprint density at radius 1 is 1.73 bits per heavy atom. The molecule has 2 nitrogen and oxygen atoms in total. The third-order valence-electron chi connectivity index (χ3n) is 1.69. The molecule has 11 heavy (non-hydrogen) atoms. The van der Waals surface area contributed by atoms with Gasteiger partial charge < -0.3 is 9.69 Å². The van der Waals surface area contributed by atoms with Gasteiger partial charge in [-0.3, -0.25) is 0 Å². The molecule has 0 saturated carbocycles. The Kier molecular flexibility index (Phi) is 4.21. The van der Waals surface area contributed by atoms with Crippen molar-refractivity contribution in [2.24, 2.45) is 5.92 Å². The van der Waals surface area contributed by atoms with Crippen LogP contribution in [0.2, 0.25) is 0 Å². The van der Waals surface area contributed by atoms with Crippen molar-refractivity contribution in [2.45, 2.75) is 27.2 Å². The highest BCUT2D eigenvalue weighted by Crippen LogP contribution is 2.03. The Morgan fingerprint density at radius 3 is 2.73 bits per heavy atom. The van der Waals surface area contributed by atoms with Crippen molar-refractivity contribution in [1.82, 2.24) is 4.90 Å². The predicted molar refractivity (Wildman–Crippen MR) is 47.6 cm³/mol. The number of hydrogen-bond donors (Lipinski definition) is 0. The minimum Gasteiger partial charge on any atom is -0.306 e. The molecular weight excluding hydrogens is 138 g/mol. The molecule has 0 amide bonds. The second-order valence-corrected chi connectivity index (χ2v) is 3.13. The van der Waals surface area contributed by atoms with E-state index in [1.54, 1.807) is 6.92 Å². The van der Waals surface area contributed by atoms with Gasteiger partial charge in [-0.15, -0.1) is 0 Å². The molecule has 0 radical (unpaired) electrons. The van der Waals surface area contributed by atoms with Crippen LogP contribution in [-0.4, -0.2) is 30.8 Å². The molecule has 0 aromatic heterocycles. The Bertz CT molecular complexity index is 138. The second-order valence-electron chi connectivity index (χ2n) is 3.13. The number of carbonyl (C=O) groups excluding carboxylic acids is 1. The van der Waals surface area contributed by atoms with E-state index in [2.05, 4.69) is 11.8 Å². The molecule has 0 aromatic rings. The lowest BCUT2D eigenvalue weighted by Gasteiger charge is -2.18. The Morgan fingerprint density at radius 2 is 2.36 bits per heavy atom. The first kappa shape index (κ1) is 8.72. The molecule has 0 aliphatic rings. The maximum Gasteiger partial charge on any atom is 0.130 e. The fourth-order valence-corrected chi connectivity index (χ4v) is 1.04. The molecule has 0 spiro atoms. The van der Waals surface area contributed by atoms with Crippen LogP contribution in [0.15, 0.2) is 0 Å². The van der Waals surface area contributed by atoms with Gasteiger partial charge >= 0.3 is 0 Å². The van der Waals surface area contributed by atoms with Crippen LogP contribution in [-0.2, 0) is 4.79 Å². The fraction of sp³-hybridized carbons (Fsp3) is 0.889. The van der Waals surface area contributed by atoms with Gasteiger partial charge in [0.1, 0.15) is 5.78 Å². The molecule has 0 bridgehead atoms. The maximum absolute atomic E-state index is 10.8. The summed E-state index contributed by atoms with van der Waals surface area (Å²) in [6.07, 6.45) is 0.549. The average molecular weight is 158 g/mol. The Hall–Kier alpha value is -0.370. The second kappa shape index (κ2) is 5.30. The van der Waals surface area contributed by atoms with Crippen molar-refractivity contribution >= 4 is 5.78 Å². The average Bonchev–Trinajstić information content (AvgIpc) is 2.02. The Balaban J connectivity index is 3.74. The monoisotopic (exact) mass is 158 g/mol. The highest BCUT2D eigenvalue weighted by atomic mass is 16.1. The predicted octanol–water partition coefficient (Wildman–Crippen LogP) is 1.55. The molecule has 2 heteroatoms. The molecule has 0 saturated heterocycles. The molecular formula is C9H19NO. The lowest BCUT2D eigenvalue weighted by Crippen LogP contribution is -2.24. The number of ketones is 1. The lowest BCUT2D eigenvalue weighted by atomic mass is 10.1. The summed E-state index contributed by atoms with van der Waals surface area (Å²) in [5.74, 6) is 0.407. The third-order valence-corrected chi connectivity index (χ3v) is 1.69. The van der Waals surface area contributed by atoms with E-state index in [1.807, 2.05) is 7.05 Å². The van der Waals surface area contributed by atoms with Gasteiger partial charge in [-0.25, -0.2) is 0 Å². The zero-order chi connectivity index (χ0) is 9.56. The first-order valence-electron chi connectivity index (χ1n) is 4.78. The zero-order valence-corrected chi connectivity index (χ0v) is 7.76. The number of nitrogens with zero attached hydrogens (tertiary/aromatic N) is 1. The molecule has 0 N–H and O–H groups in total. The van der Waals surface area contributed by atoms with E-state index in [9.17, 15) is 4.79 Å². The summed E-state index contributed by atoms with van der Waals surface area (Å²) < 4.78 is 7.24. The molecule has 0 aromatic carbocycles. The highest BCUT2D eigenvalue weighted by Gasteiger charge is 2.06. The van der Waals surface area contributed by atoms with E-state index in [-0.39, 0.29) is 11.7 Å². The molecule has 0 fully saturated rings. The topological polar surface area (TPSA) is 20.3 Å². The quantitative estimate of drug-likeness (QED) is 0.605. The van der Waals surface area contributed by atoms with Crippen LogP contribution in [0.3, 0.4) is 0 Å². The highest BCUT2D eigenvalue weighted by molar-refractivity contribution is 5.75. The molecule has 0 aliphatic carbocycles. The summed E-state index contributed by atoms with van der Waals surface area (Å²) in [4.78, 5) is 12.9. The number of carbonyl (C=O) groups is 1. The summed E-state index contributed by atoms with van der Waals surface area (Å²) in [6.45, 7) is 5.86. The van der Waals surface area contributed by atoms with Crippen molar-refractivity contribution in [2.75, 3.05) is 20.1 Å². The van der Waals surface area contributed by atoms with E-state index >= 15 is 0 Å². The van der Waals surface area contributed by atoms with Gasteiger partial charge in [-0.1, -0.05) is 13.8 Å². The van der Waals surface area contributed by atoms with Crippen molar-refractivity contribution < 1.29 is 6.17 Å². The van der Waals surface area contributed by atoms with Crippen LogP contribution in [0, 0.1) is 5.92 Å². The van der Waals surface area contributed by atoms with Crippen molar-refractivity contribution in [3.05, 3.63) is 0 Å². The van der Waals surface area contributed by atoms with Crippen LogP contribution in [0.5, 0.6) is 0 Å². The van der Waals surface area contributed by atoms with Crippen molar-refractivity contribution in [3.8, 4) is 0 Å². The van der Waals surface area contributed by atoms with Crippen LogP contribution < -0.4 is 0 Å². The third kappa shape index (κ3) is 6.05.